The lowest BCUT2D eigenvalue weighted by Gasteiger charge is -2.21. The van der Waals surface area contributed by atoms with Gasteiger partial charge in [-0.15, -0.1) is 9.24 Å². The summed E-state index contributed by atoms with van der Waals surface area (Å²) in [5.41, 5.74) is 2.62. The van der Waals surface area contributed by atoms with E-state index in [1.54, 1.807) is 7.11 Å². The molecule has 0 aliphatic rings. The predicted molar refractivity (Wildman–Crippen MR) is 60.5 cm³/mol. The van der Waals surface area contributed by atoms with Gasteiger partial charge < -0.3 is 4.74 Å². The Kier molecular flexibility index (Phi) is 2.98. The van der Waals surface area contributed by atoms with E-state index < -0.39 is 0 Å². The minimum Gasteiger partial charge on any atom is -0.497 e. The highest BCUT2D eigenvalue weighted by Crippen LogP contribution is 2.33. The molecule has 0 spiro atoms. The molecule has 2 heteroatoms. The summed E-state index contributed by atoms with van der Waals surface area (Å²) in [7, 11) is 4.55. The van der Waals surface area contributed by atoms with Gasteiger partial charge in [0.2, 0.25) is 0 Å². The first-order valence-electron chi connectivity index (χ1n) is 4.39. The van der Waals surface area contributed by atoms with Crippen LogP contribution in [0.2, 0.25) is 0 Å². The maximum atomic E-state index is 5.16. The molecule has 0 amide bonds. The molecule has 13 heavy (non-hydrogen) atoms. The predicted octanol–water partition coefficient (Wildman–Crippen LogP) is 3.11. The first-order valence-corrected chi connectivity index (χ1v) is 4.97. The summed E-state index contributed by atoms with van der Waals surface area (Å²) in [5.74, 6) is 0.926. The van der Waals surface area contributed by atoms with Crippen LogP contribution in [0.15, 0.2) is 18.2 Å². The molecule has 0 radical (unpaired) electrons. The molecule has 0 saturated carbocycles. The lowest BCUT2D eigenvalue weighted by atomic mass is 9.97. The van der Waals surface area contributed by atoms with Gasteiger partial charge in [-0.2, -0.15) is 0 Å². The van der Waals surface area contributed by atoms with Crippen molar-refractivity contribution in [1.29, 1.82) is 0 Å². The van der Waals surface area contributed by atoms with Crippen molar-refractivity contribution in [2.75, 3.05) is 7.11 Å². The van der Waals surface area contributed by atoms with Gasteiger partial charge in [-0.1, -0.05) is 19.9 Å². The summed E-state index contributed by atoms with van der Waals surface area (Å²) < 4.78 is 5.16. The Bertz CT molecular complexity index is 299. The van der Waals surface area contributed by atoms with Crippen molar-refractivity contribution in [3.05, 3.63) is 29.3 Å². The fraction of sp³-hybridized carbons (Fsp3) is 0.455. The molecule has 0 aliphatic carbocycles. The van der Waals surface area contributed by atoms with E-state index in [2.05, 4.69) is 42.1 Å². The Hall–Kier alpha value is -0.550. The maximum absolute atomic E-state index is 5.16. The summed E-state index contributed by atoms with van der Waals surface area (Å²) in [4.78, 5) is 0. The molecular weight excluding hydrogens is 179 g/mol. The maximum Gasteiger partial charge on any atom is 0.119 e. The van der Waals surface area contributed by atoms with Crippen molar-refractivity contribution >= 4 is 9.24 Å². The van der Waals surface area contributed by atoms with Gasteiger partial charge >= 0.3 is 0 Å². The molecule has 1 aromatic rings. The van der Waals surface area contributed by atoms with E-state index in [0.717, 1.165) is 5.75 Å². The van der Waals surface area contributed by atoms with Crippen LogP contribution in [0, 0.1) is 6.92 Å². The van der Waals surface area contributed by atoms with Crippen LogP contribution in [0.5, 0.6) is 5.75 Å². The van der Waals surface area contributed by atoms with Crippen LogP contribution in [-0.2, 0) is 5.16 Å². The van der Waals surface area contributed by atoms with Crippen molar-refractivity contribution in [3.63, 3.8) is 0 Å². The Morgan fingerprint density at radius 2 is 1.92 bits per heavy atom. The molecule has 1 unspecified atom stereocenters. The number of methoxy groups -OCH3 is 1. The zero-order valence-electron chi connectivity index (χ0n) is 8.72. The number of benzene rings is 1. The monoisotopic (exact) mass is 196 g/mol. The molecule has 1 aromatic carbocycles. The lowest BCUT2D eigenvalue weighted by Crippen LogP contribution is -2.08. The Morgan fingerprint density at radius 1 is 1.31 bits per heavy atom. The van der Waals surface area contributed by atoms with E-state index in [4.69, 9.17) is 4.74 Å². The number of aryl methyl sites for hydroxylation is 1. The van der Waals surface area contributed by atoms with Crippen LogP contribution >= 0.6 is 9.24 Å². The summed E-state index contributed by atoms with van der Waals surface area (Å²) in [6, 6.07) is 6.20. The second-order valence-corrected chi connectivity index (χ2v) is 5.35. The highest BCUT2D eigenvalue weighted by atomic mass is 31.0. The molecule has 0 aromatic heterocycles. The Morgan fingerprint density at radius 3 is 2.31 bits per heavy atom. The molecule has 0 bridgehead atoms. The third kappa shape index (κ3) is 2.45. The van der Waals surface area contributed by atoms with Crippen molar-refractivity contribution in [1.82, 2.24) is 0 Å². The second-order valence-electron chi connectivity index (χ2n) is 3.90. The van der Waals surface area contributed by atoms with Gasteiger partial charge in [-0.05, 0) is 30.2 Å². The highest BCUT2D eigenvalue weighted by molar-refractivity contribution is 7.18. The number of ether oxygens (including phenoxy) is 1. The number of rotatable bonds is 2. The average Bonchev–Trinajstić information content (AvgIpc) is 2.01. The van der Waals surface area contributed by atoms with Crippen LogP contribution in [0.3, 0.4) is 0 Å². The summed E-state index contributed by atoms with van der Waals surface area (Å²) in [6.45, 7) is 6.49. The third-order valence-corrected chi connectivity index (χ3v) is 2.44. The van der Waals surface area contributed by atoms with E-state index in [-0.39, 0.29) is 5.16 Å². The minimum absolute atomic E-state index is 0.135. The minimum atomic E-state index is 0.135. The largest absolute Gasteiger partial charge is 0.497 e. The van der Waals surface area contributed by atoms with E-state index in [1.807, 2.05) is 6.07 Å². The SMILES string of the molecule is COc1ccc(C(C)(C)P)c(C)c1. The van der Waals surface area contributed by atoms with Crippen molar-refractivity contribution in [3.8, 4) is 5.75 Å². The molecular formula is C11H17OP. The van der Waals surface area contributed by atoms with Gasteiger partial charge in [0.15, 0.2) is 0 Å². The first kappa shape index (κ1) is 10.5. The number of hydrogen-bond acceptors (Lipinski definition) is 1. The molecule has 72 valence electrons. The van der Waals surface area contributed by atoms with Gasteiger partial charge in [0.25, 0.3) is 0 Å². The van der Waals surface area contributed by atoms with Crippen molar-refractivity contribution in [2.45, 2.75) is 25.9 Å². The van der Waals surface area contributed by atoms with Gasteiger partial charge in [-0.25, -0.2) is 0 Å². The standard InChI is InChI=1S/C11H17OP/c1-8-7-9(12-4)5-6-10(8)11(2,3)13/h5-7H,13H2,1-4H3. The Labute approximate surface area is 82.7 Å². The molecule has 1 nitrogen and oxygen atoms in total. The quantitative estimate of drug-likeness (QED) is 0.660. The fourth-order valence-electron chi connectivity index (χ4n) is 1.49. The zero-order valence-corrected chi connectivity index (χ0v) is 9.87. The van der Waals surface area contributed by atoms with Crippen molar-refractivity contribution in [2.24, 2.45) is 0 Å². The van der Waals surface area contributed by atoms with Crippen LogP contribution in [0.4, 0.5) is 0 Å². The third-order valence-electron chi connectivity index (χ3n) is 2.13. The van der Waals surface area contributed by atoms with E-state index in [1.165, 1.54) is 11.1 Å². The Balaban J connectivity index is 3.13. The van der Waals surface area contributed by atoms with Gasteiger partial charge in [0.05, 0.1) is 7.11 Å². The normalized spacial score (nSPS) is 11.5. The van der Waals surface area contributed by atoms with Crippen LogP contribution in [0.1, 0.15) is 25.0 Å². The second kappa shape index (κ2) is 3.67. The van der Waals surface area contributed by atoms with Crippen LogP contribution < -0.4 is 4.74 Å². The van der Waals surface area contributed by atoms with E-state index in [0.29, 0.717) is 0 Å². The van der Waals surface area contributed by atoms with Gasteiger partial charge in [-0.3, -0.25) is 0 Å². The summed E-state index contributed by atoms with van der Waals surface area (Å²) in [5, 5.41) is 0.135. The van der Waals surface area contributed by atoms with Crippen LogP contribution in [-0.4, -0.2) is 7.11 Å². The average molecular weight is 196 g/mol. The molecule has 1 rings (SSSR count). The van der Waals surface area contributed by atoms with Crippen LogP contribution in [0.25, 0.3) is 0 Å². The highest BCUT2D eigenvalue weighted by Gasteiger charge is 2.16. The molecule has 0 heterocycles. The topological polar surface area (TPSA) is 9.23 Å². The molecule has 1 atom stereocenters. The summed E-state index contributed by atoms with van der Waals surface area (Å²) in [6.07, 6.45) is 0. The molecule has 0 saturated heterocycles. The van der Waals surface area contributed by atoms with E-state index >= 15 is 0 Å². The fourth-order valence-corrected chi connectivity index (χ4v) is 1.81. The zero-order chi connectivity index (χ0) is 10.1. The van der Waals surface area contributed by atoms with Gasteiger partial charge in [0.1, 0.15) is 5.75 Å². The summed E-state index contributed by atoms with van der Waals surface area (Å²) >= 11 is 0. The van der Waals surface area contributed by atoms with Gasteiger partial charge in [0, 0.05) is 5.16 Å². The number of hydrogen-bond donors (Lipinski definition) is 0. The smallest absolute Gasteiger partial charge is 0.119 e. The van der Waals surface area contributed by atoms with Crippen molar-refractivity contribution < 1.29 is 4.74 Å². The molecule has 0 aliphatic heterocycles. The molecule has 0 N–H and O–H groups in total. The first-order chi connectivity index (χ1) is 5.95. The molecule has 0 fully saturated rings. The van der Waals surface area contributed by atoms with E-state index in [9.17, 15) is 0 Å². The lowest BCUT2D eigenvalue weighted by molar-refractivity contribution is 0.414.